The third-order valence-corrected chi connectivity index (χ3v) is 4.43. The normalized spacial score (nSPS) is 11.7. The Morgan fingerprint density at radius 2 is 1.67 bits per heavy atom. The summed E-state index contributed by atoms with van der Waals surface area (Å²) < 4.78 is 0. The van der Waals surface area contributed by atoms with Gasteiger partial charge in [-0.3, -0.25) is 20.1 Å². The van der Waals surface area contributed by atoms with E-state index in [0.29, 0.717) is 13.1 Å². The van der Waals surface area contributed by atoms with Gasteiger partial charge in [-0.15, -0.1) is 0 Å². The molecular formula is C22H24N4O. The molecule has 0 aliphatic carbocycles. The van der Waals surface area contributed by atoms with E-state index in [4.69, 9.17) is 0 Å². The molecule has 2 N–H and O–H groups in total. The Hall–Kier alpha value is -3.05. The SMILES string of the molecule is CCc1ccc(C(NCc2ccncc2)C(=O)NCc2cccnc2)cc1. The van der Waals surface area contributed by atoms with Crippen LogP contribution < -0.4 is 10.6 Å². The Labute approximate surface area is 159 Å². The van der Waals surface area contributed by atoms with Crippen molar-refractivity contribution in [1.82, 2.24) is 20.6 Å². The standard InChI is InChI=1S/C22H24N4O/c1-2-17-5-7-20(8-6-17)21(25-15-18-9-12-23-13-10-18)22(27)26-16-19-4-3-11-24-14-19/h3-14,21,25H,2,15-16H2,1H3,(H,26,27). The lowest BCUT2D eigenvalue weighted by Crippen LogP contribution is -2.37. The molecule has 138 valence electrons. The summed E-state index contributed by atoms with van der Waals surface area (Å²) in [6.07, 6.45) is 7.97. The molecule has 0 saturated carbocycles. The van der Waals surface area contributed by atoms with Gasteiger partial charge in [-0.2, -0.15) is 0 Å². The smallest absolute Gasteiger partial charge is 0.242 e. The highest BCUT2D eigenvalue weighted by Gasteiger charge is 2.20. The number of benzene rings is 1. The van der Waals surface area contributed by atoms with Gasteiger partial charge >= 0.3 is 0 Å². The molecule has 0 aliphatic heterocycles. The molecule has 27 heavy (non-hydrogen) atoms. The summed E-state index contributed by atoms with van der Waals surface area (Å²) in [7, 11) is 0. The maximum atomic E-state index is 12.9. The molecular weight excluding hydrogens is 336 g/mol. The van der Waals surface area contributed by atoms with E-state index < -0.39 is 6.04 Å². The first-order valence-electron chi connectivity index (χ1n) is 9.14. The van der Waals surface area contributed by atoms with Crippen molar-refractivity contribution < 1.29 is 4.79 Å². The number of aryl methyl sites for hydroxylation is 1. The molecule has 2 aromatic heterocycles. The Balaban J connectivity index is 1.72. The minimum Gasteiger partial charge on any atom is -0.350 e. The van der Waals surface area contributed by atoms with Crippen LogP contribution in [0.3, 0.4) is 0 Å². The van der Waals surface area contributed by atoms with E-state index in [-0.39, 0.29) is 5.91 Å². The first kappa shape index (κ1) is 18.7. The molecule has 1 atom stereocenters. The van der Waals surface area contributed by atoms with Crippen LogP contribution in [0.15, 0.2) is 73.3 Å². The van der Waals surface area contributed by atoms with Crippen molar-refractivity contribution in [2.24, 2.45) is 0 Å². The fraction of sp³-hybridized carbons (Fsp3) is 0.227. The van der Waals surface area contributed by atoms with Gasteiger partial charge in [0.05, 0.1) is 0 Å². The van der Waals surface area contributed by atoms with Crippen LogP contribution in [0, 0.1) is 0 Å². The minimum atomic E-state index is -0.430. The lowest BCUT2D eigenvalue weighted by Gasteiger charge is -2.19. The zero-order valence-corrected chi connectivity index (χ0v) is 15.4. The number of carbonyl (C=O) groups is 1. The molecule has 2 heterocycles. The number of nitrogens with zero attached hydrogens (tertiary/aromatic N) is 2. The Bertz CT molecular complexity index is 835. The van der Waals surface area contributed by atoms with Gasteiger partial charge in [-0.25, -0.2) is 0 Å². The average molecular weight is 360 g/mol. The van der Waals surface area contributed by atoms with E-state index in [2.05, 4.69) is 39.7 Å². The van der Waals surface area contributed by atoms with Crippen molar-refractivity contribution in [2.75, 3.05) is 0 Å². The number of carbonyl (C=O) groups excluding carboxylic acids is 1. The first-order valence-corrected chi connectivity index (χ1v) is 9.14. The molecule has 3 aromatic rings. The highest BCUT2D eigenvalue weighted by molar-refractivity contribution is 5.83. The van der Waals surface area contributed by atoms with Gasteiger partial charge in [-0.05, 0) is 46.9 Å². The molecule has 0 saturated heterocycles. The van der Waals surface area contributed by atoms with E-state index >= 15 is 0 Å². The Morgan fingerprint density at radius 3 is 2.33 bits per heavy atom. The van der Waals surface area contributed by atoms with Crippen molar-refractivity contribution in [1.29, 1.82) is 0 Å². The highest BCUT2D eigenvalue weighted by Crippen LogP contribution is 2.16. The van der Waals surface area contributed by atoms with Crippen LogP contribution in [0.4, 0.5) is 0 Å². The molecule has 5 heteroatoms. The first-order chi connectivity index (χ1) is 13.3. The molecule has 0 radical (unpaired) electrons. The minimum absolute atomic E-state index is 0.0582. The second-order valence-electron chi connectivity index (χ2n) is 6.34. The van der Waals surface area contributed by atoms with Crippen LogP contribution in [-0.4, -0.2) is 15.9 Å². The van der Waals surface area contributed by atoms with Crippen molar-refractivity contribution in [3.8, 4) is 0 Å². The maximum absolute atomic E-state index is 12.9. The van der Waals surface area contributed by atoms with Crippen LogP contribution in [0.5, 0.6) is 0 Å². The van der Waals surface area contributed by atoms with Gasteiger partial charge < -0.3 is 5.32 Å². The van der Waals surface area contributed by atoms with Crippen molar-refractivity contribution in [3.05, 3.63) is 95.6 Å². The van der Waals surface area contributed by atoms with Crippen LogP contribution >= 0.6 is 0 Å². The van der Waals surface area contributed by atoms with E-state index in [1.54, 1.807) is 24.8 Å². The lowest BCUT2D eigenvalue weighted by atomic mass is 10.0. The Morgan fingerprint density at radius 1 is 0.889 bits per heavy atom. The summed E-state index contributed by atoms with van der Waals surface area (Å²) in [5.74, 6) is -0.0582. The molecule has 1 unspecified atom stereocenters. The molecule has 0 spiro atoms. The zero-order valence-electron chi connectivity index (χ0n) is 15.4. The number of hydrogen-bond donors (Lipinski definition) is 2. The van der Waals surface area contributed by atoms with Gasteiger partial charge in [0.15, 0.2) is 0 Å². The molecule has 1 amide bonds. The highest BCUT2D eigenvalue weighted by atomic mass is 16.2. The third kappa shape index (κ3) is 5.46. The van der Waals surface area contributed by atoms with Gasteiger partial charge in [-0.1, -0.05) is 37.3 Å². The number of aromatic nitrogens is 2. The second-order valence-corrected chi connectivity index (χ2v) is 6.34. The van der Waals surface area contributed by atoms with Gasteiger partial charge in [0.2, 0.25) is 5.91 Å². The summed E-state index contributed by atoms with van der Waals surface area (Å²) in [6.45, 7) is 3.16. The summed E-state index contributed by atoms with van der Waals surface area (Å²) in [6, 6.07) is 15.5. The third-order valence-electron chi connectivity index (χ3n) is 4.43. The Kier molecular flexibility index (Phi) is 6.66. The summed E-state index contributed by atoms with van der Waals surface area (Å²) >= 11 is 0. The predicted molar refractivity (Wildman–Crippen MR) is 106 cm³/mol. The summed E-state index contributed by atoms with van der Waals surface area (Å²) in [5, 5.41) is 6.38. The van der Waals surface area contributed by atoms with Crippen LogP contribution in [0.25, 0.3) is 0 Å². The van der Waals surface area contributed by atoms with Crippen molar-refractivity contribution in [3.63, 3.8) is 0 Å². The second kappa shape index (κ2) is 9.59. The van der Waals surface area contributed by atoms with Gasteiger partial charge in [0, 0.05) is 37.9 Å². The number of amides is 1. The molecule has 0 aliphatic rings. The lowest BCUT2D eigenvalue weighted by molar-refractivity contribution is -0.123. The molecule has 0 fully saturated rings. The van der Waals surface area contributed by atoms with E-state index in [1.165, 1.54) is 5.56 Å². The predicted octanol–water partition coefficient (Wildman–Crippen LogP) is 3.19. The average Bonchev–Trinajstić information content (AvgIpc) is 2.74. The largest absolute Gasteiger partial charge is 0.350 e. The molecule has 1 aromatic carbocycles. The fourth-order valence-electron chi connectivity index (χ4n) is 2.82. The maximum Gasteiger partial charge on any atom is 0.242 e. The van der Waals surface area contributed by atoms with Gasteiger partial charge in [0.1, 0.15) is 6.04 Å². The van der Waals surface area contributed by atoms with Crippen molar-refractivity contribution >= 4 is 5.91 Å². The monoisotopic (exact) mass is 360 g/mol. The number of nitrogens with one attached hydrogen (secondary N) is 2. The number of pyridine rings is 2. The van der Waals surface area contributed by atoms with Crippen LogP contribution in [-0.2, 0) is 24.3 Å². The molecule has 3 rings (SSSR count). The van der Waals surface area contributed by atoms with E-state index in [1.807, 2.05) is 36.4 Å². The molecule has 0 bridgehead atoms. The number of rotatable bonds is 8. The van der Waals surface area contributed by atoms with Crippen LogP contribution in [0.2, 0.25) is 0 Å². The number of hydrogen-bond acceptors (Lipinski definition) is 4. The quantitative estimate of drug-likeness (QED) is 0.647. The fourth-order valence-corrected chi connectivity index (χ4v) is 2.82. The molecule has 5 nitrogen and oxygen atoms in total. The van der Waals surface area contributed by atoms with Crippen LogP contribution in [0.1, 0.15) is 35.2 Å². The summed E-state index contributed by atoms with van der Waals surface area (Å²) in [5.41, 5.74) is 4.26. The zero-order chi connectivity index (χ0) is 18.9. The van der Waals surface area contributed by atoms with E-state index in [0.717, 1.165) is 23.1 Å². The topological polar surface area (TPSA) is 66.9 Å². The van der Waals surface area contributed by atoms with Gasteiger partial charge in [0.25, 0.3) is 0 Å². The summed E-state index contributed by atoms with van der Waals surface area (Å²) in [4.78, 5) is 21.0. The van der Waals surface area contributed by atoms with E-state index in [9.17, 15) is 4.79 Å². The van der Waals surface area contributed by atoms with Crippen molar-refractivity contribution in [2.45, 2.75) is 32.5 Å².